The second-order valence-corrected chi connectivity index (χ2v) is 12.8. The number of unbranched alkanes of at least 4 members (excludes halogenated alkanes) is 2. The molecule has 7 heteroatoms. The average molecular weight is 638 g/mol. The van der Waals surface area contributed by atoms with Crippen LogP contribution < -0.4 is 5.32 Å². The third-order valence-electron chi connectivity index (χ3n) is 7.04. The van der Waals surface area contributed by atoms with Gasteiger partial charge in [-0.1, -0.05) is 88.5 Å². The minimum absolute atomic E-state index is 0.0815. The number of benzene rings is 1. The lowest BCUT2D eigenvalue weighted by atomic mass is 9.90. The van der Waals surface area contributed by atoms with Gasteiger partial charge in [0.25, 0.3) is 0 Å². The number of phenols is 1. The number of amides is 1. The van der Waals surface area contributed by atoms with Gasteiger partial charge in [-0.15, -0.1) is 0 Å². The van der Waals surface area contributed by atoms with Crippen LogP contribution in [0.1, 0.15) is 109 Å². The Morgan fingerprint density at radius 2 is 1.42 bits per heavy atom. The number of Topliss-reactive ketones (excluding diaryl/α,β-unsaturated/α-hetero) is 1. The monoisotopic (exact) mass is 637 g/mol. The molecule has 3 N–H and O–H groups in total. The first-order valence-corrected chi connectivity index (χ1v) is 17.5. The minimum Gasteiger partial charge on any atom is -0.507 e. The average Bonchev–Trinajstić information content (AvgIpc) is 3.00. The van der Waals surface area contributed by atoms with E-state index in [0.717, 1.165) is 57.1 Å². The number of carboxylic acid groups (broad SMARTS) is 1. The summed E-state index contributed by atoms with van der Waals surface area (Å²) in [6.07, 6.45) is 31.6. The molecular weight excluding hydrogens is 582 g/mol. The molecule has 0 bridgehead atoms. The van der Waals surface area contributed by atoms with E-state index in [2.05, 4.69) is 73.0 Å². The molecule has 0 fully saturated rings. The summed E-state index contributed by atoms with van der Waals surface area (Å²) in [7, 11) is 0. The maximum Gasteiger partial charge on any atom is 0.339 e. The molecule has 2 unspecified atom stereocenters. The van der Waals surface area contributed by atoms with E-state index in [1.54, 1.807) is 11.8 Å². The van der Waals surface area contributed by atoms with Crippen molar-refractivity contribution < 1.29 is 24.6 Å². The Bertz CT molecular complexity index is 1160. The highest BCUT2D eigenvalue weighted by molar-refractivity contribution is 8.00. The van der Waals surface area contributed by atoms with Crippen molar-refractivity contribution >= 4 is 35.1 Å². The largest absolute Gasteiger partial charge is 0.507 e. The first kappa shape index (κ1) is 39.7. The van der Waals surface area contributed by atoms with Crippen LogP contribution in [0.15, 0.2) is 79.0 Å². The lowest BCUT2D eigenvalue weighted by Gasteiger charge is -2.21. The molecule has 45 heavy (non-hydrogen) atoms. The minimum atomic E-state index is -1.28. The number of thioether (sulfide) groups is 1. The number of hydrogen-bond acceptors (Lipinski definition) is 5. The number of rotatable bonds is 24. The summed E-state index contributed by atoms with van der Waals surface area (Å²) in [5, 5.41) is 21.6. The van der Waals surface area contributed by atoms with Gasteiger partial charge in [-0.2, -0.15) is 11.8 Å². The van der Waals surface area contributed by atoms with Crippen molar-refractivity contribution in [3.05, 3.63) is 84.5 Å². The molecule has 0 saturated carbocycles. The lowest BCUT2D eigenvalue weighted by Crippen LogP contribution is -2.29. The molecule has 0 aliphatic carbocycles. The second kappa shape index (κ2) is 24.9. The van der Waals surface area contributed by atoms with Crippen molar-refractivity contribution in [3.8, 4) is 5.75 Å². The number of nitrogens with one attached hydrogen (secondary N) is 1. The van der Waals surface area contributed by atoms with Crippen molar-refractivity contribution in [2.45, 2.75) is 104 Å². The normalized spacial score (nSPS) is 13.6. The Morgan fingerprint density at radius 3 is 1.96 bits per heavy atom. The molecule has 0 saturated heterocycles. The third-order valence-corrected chi connectivity index (χ3v) is 8.56. The van der Waals surface area contributed by atoms with Gasteiger partial charge in [0, 0.05) is 18.0 Å². The number of allylic oxidation sites excluding steroid dienone is 10. The molecular formula is C38H55NO5S. The van der Waals surface area contributed by atoms with Crippen molar-refractivity contribution in [2.75, 3.05) is 11.1 Å². The quantitative estimate of drug-likeness (QED) is 0.0592. The second-order valence-electron chi connectivity index (χ2n) is 11.5. The van der Waals surface area contributed by atoms with E-state index in [0.29, 0.717) is 12.8 Å². The molecule has 1 rings (SSSR count). The fourth-order valence-corrected chi connectivity index (χ4v) is 5.83. The van der Waals surface area contributed by atoms with Crippen molar-refractivity contribution in [2.24, 2.45) is 11.8 Å². The number of carboxylic acids is 1. The van der Waals surface area contributed by atoms with Crippen LogP contribution in [0, 0.1) is 11.8 Å². The maximum absolute atomic E-state index is 13.2. The van der Waals surface area contributed by atoms with Crippen LogP contribution in [0.5, 0.6) is 5.75 Å². The number of hydrogen-bond donors (Lipinski definition) is 3. The van der Waals surface area contributed by atoms with Crippen molar-refractivity contribution in [1.29, 1.82) is 0 Å². The topological polar surface area (TPSA) is 104 Å². The zero-order chi connectivity index (χ0) is 33.3. The molecule has 0 aromatic heterocycles. The molecule has 248 valence electrons. The summed E-state index contributed by atoms with van der Waals surface area (Å²) in [6.45, 7) is 8.17. The van der Waals surface area contributed by atoms with Crippen LogP contribution in [0.2, 0.25) is 0 Å². The number of carbonyl (C=O) groups is 3. The number of aromatic carboxylic acids is 1. The fraction of sp³-hybridized carbons (Fsp3) is 0.500. The molecule has 1 amide bonds. The van der Waals surface area contributed by atoms with Gasteiger partial charge in [0.15, 0.2) is 0 Å². The van der Waals surface area contributed by atoms with Crippen LogP contribution in [-0.4, -0.2) is 38.9 Å². The Balaban J connectivity index is 2.37. The Hall–Kier alpha value is -3.32. The van der Waals surface area contributed by atoms with E-state index in [1.807, 2.05) is 20.8 Å². The Labute approximate surface area is 275 Å². The smallest absolute Gasteiger partial charge is 0.339 e. The third kappa shape index (κ3) is 18.9. The van der Waals surface area contributed by atoms with E-state index < -0.39 is 11.9 Å². The molecule has 1 aromatic carbocycles. The van der Waals surface area contributed by atoms with Crippen molar-refractivity contribution in [3.63, 3.8) is 0 Å². The lowest BCUT2D eigenvalue weighted by molar-refractivity contribution is -0.126. The highest BCUT2D eigenvalue weighted by Gasteiger charge is 2.27. The molecule has 1 aromatic rings. The number of aromatic hydroxyl groups is 1. The summed E-state index contributed by atoms with van der Waals surface area (Å²) >= 11 is 1.68. The molecule has 0 aliphatic rings. The predicted molar refractivity (Wildman–Crippen MR) is 191 cm³/mol. The summed E-state index contributed by atoms with van der Waals surface area (Å²) in [6, 6.07) is 3.93. The van der Waals surface area contributed by atoms with Gasteiger partial charge in [0.05, 0.1) is 5.25 Å². The first-order valence-electron chi connectivity index (χ1n) is 16.5. The zero-order valence-corrected chi connectivity index (χ0v) is 28.6. The summed E-state index contributed by atoms with van der Waals surface area (Å²) in [5.74, 6) is -1.26. The maximum atomic E-state index is 13.2. The van der Waals surface area contributed by atoms with Gasteiger partial charge < -0.3 is 15.5 Å². The number of anilines is 1. The zero-order valence-electron chi connectivity index (χ0n) is 27.8. The van der Waals surface area contributed by atoms with E-state index in [4.69, 9.17) is 0 Å². The van der Waals surface area contributed by atoms with E-state index in [1.165, 1.54) is 18.2 Å². The SMILES string of the molecule is CC/C=C\C/C=C\C/C=C\C/C=C\C/C=C\CCCCSC(CC)C(=O)CC(CC(C)C)C(=O)Nc1ccc(O)c(C(=O)O)c1. The molecule has 0 spiro atoms. The van der Waals surface area contributed by atoms with Gasteiger partial charge in [-0.05, 0) is 94.1 Å². The summed E-state index contributed by atoms with van der Waals surface area (Å²) in [4.78, 5) is 37.6. The predicted octanol–water partition coefficient (Wildman–Crippen LogP) is 10.1. The molecule has 0 heterocycles. The van der Waals surface area contributed by atoms with Gasteiger partial charge in [-0.3, -0.25) is 9.59 Å². The molecule has 6 nitrogen and oxygen atoms in total. The van der Waals surface area contributed by atoms with Crippen molar-refractivity contribution in [1.82, 2.24) is 0 Å². The highest BCUT2D eigenvalue weighted by Crippen LogP contribution is 2.26. The number of ketones is 1. The summed E-state index contributed by atoms with van der Waals surface area (Å²) < 4.78 is 0. The molecule has 0 aliphatic heterocycles. The number of carbonyl (C=O) groups excluding carboxylic acids is 2. The van der Waals surface area contributed by atoms with Gasteiger partial charge in [0.1, 0.15) is 17.1 Å². The van der Waals surface area contributed by atoms with E-state index >= 15 is 0 Å². The summed E-state index contributed by atoms with van der Waals surface area (Å²) in [5.41, 5.74) is -0.00147. The van der Waals surface area contributed by atoms with Gasteiger partial charge in [0.2, 0.25) is 5.91 Å². The fourth-order valence-electron chi connectivity index (χ4n) is 4.65. The molecule has 0 radical (unpaired) electrons. The van der Waals surface area contributed by atoms with Gasteiger partial charge >= 0.3 is 5.97 Å². The van der Waals surface area contributed by atoms with Crippen LogP contribution in [0.25, 0.3) is 0 Å². The standard InChI is InChI=1S/C38H55NO5S/c1-5-7-8-9-10-11-12-13-14-15-16-17-18-19-20-21-22-23-26-45-36(6-2)35(41)28-31(27-30(3)4)37(42)39-32-24-25-34(40)33(29-32)38(43)44/h7-8,10-11,13-14,16-17,19-20,24-25,29-31,36,40H,5-6,9,12,15,18,21-23,26-28H2,1-4H3,(H,39,42)(H,43,44)/b8-7-,11-10-,14-13-,17-16-,20-19-. The molecule has 2 atom stereocenters. The van der Waals surface area contributed by atoms with Crippen LogP contribution >= 0.6 is 11.8 Å². The van der Waals surface area contributed by atoms with E-state index in [-0.39, 0.29) is 46.3 Å². The van der Waals surface area contributed by atoms with Crippen LogP contribution in [0.3, 0.4) is 0 Å². The Kier molecular flexibility index (Phi) is 22.0. The van der Waals surface area contributed by atoms with E-state index in [9.17, 15) is 24.6 Å². The Morgan fingerprint density at radius 1 is 0.844 bits per heavy atom. The van der Waals surface area contributed by atoms with Crippen LogP contribution in [0.4, 0.5) is 5.69 Å². The van der Waals surface area contributed by atoms with Crippen LogP contribution in [-0.2, 0) is 9.59 Å². The van der Waals surface area contributed by atoms with Gasteiger partial charge in [-0.25, -0.2) is 4.79 Å². The first-order chi connectivity index (χ1) is 21.7. The highest BCUT2D eigenvalue weighted by atomic mass is 32.2.